The van der Waals surface area contributed by atoms with E-state index >= 15 is 0 Å². The molecule has 0 aliphatic rings. The van der Waals surface area contributed by atoms with E-state index in [0.717, 1.165) is 4.79 Å². The van der Waals surface area contributed by atoms with E-state index < -0.39 is 4.92 Å². The molecule has 1 heterocycles. The highest BCUT2D eigenvalue weighted by molar-refractivity contribution is 9.10. The van der Waals surface area contributed by atoms with Crippen LogP contribution in [0.2, 0.25) is 10.0 Å². The number of tetrazole rings is 1. The Morgan fingerprint density at radius 1 is 1.36 bits per heavy atom. The smallest absolute Gasteiger partial charge is 0.312 e. The van der Waals surface area contributed by atoms with Gasteiger partial charge in [-0.1, -0.05) is 55.1 Å². The van der Waals surface area contributed by atoms with Crippen LogP contribution < -0.4 is 10.5 Å². The molecule has 0 spiro atoms. The fraction of sp³-hybridized carbons (Fsp3) is 0.0667. The van der Waals surface area contributed by atoms with E-state index in [1.165, 1.54) is 12.3 Å². The number of hydrogen-bond acceptors (Lipinski definition) is 8. The summed E-state index contributed by atoms with van der Waals surface area (Å²) in [7, 11) is 0. The second-order valence-corrected chi connectivity index (χ2v) is 7.06. The lowest BCUT2D eigenvalue weighted by Gasteiger charge is -2.11. The zero-order valence-electron chi connectivity index (χ0n) is 13.8. The number of ether oxygens (including phenoxy) is 1. The van der Waals surface area contributed by atoms with Crippen molar-refractivity contribution >= 4 is 57.0 Å². The molecule has 0 unspecified atom stereocenters. The molecule has 0 saturated heterocycles. The monoisotopic (exact) mass is 485 g/mol. The van der Waals surface area contributed by atoms with Gasteiger partial charge in [-0.05, 0) is 28.6 Å². The van der Waals surface area contributed by atoms with Crippen molar-refractivity contribution in [1.82, 2.24) is 20.3 Å². The molecular weight excluding hydrogens is 477 g/mol. The van der Waals surface area contributed by atoms with Gasteiger partial charge in [-0.15, -0.1) is 0 Å². The van der Waals surface area contributed by atoms with Crippen LogP contribution in [0.4, 0.5) is 11.6 Å². The minimum Gasteiger partial charge on any atom is -0.481 e. The van der Waals surface area contributed by atoms with E-state index in [4.69, 9.17) is 33.7 Å². The maximum atomic E-state index is 11.5. The Hall–Kier alpha value is -2.76. The Labute approximate surface area is 176 Å². The first-order valence-corrected chi connectivity index (χ1v) is 9.03. The van der Waals surface area contributed by atoms with Gasteiger partial charge in [0.1, 0.15) is 6.61 Å². The van der Waals surface area contributed by atoms with E-state index in [1.807, 2.05) is 0 Å². The summed E-state index contributed by atoms with van der Waals surface area (Å²) in [6.07, 6.45) is 1.29. The van der Waals surface area contributed by atoms with Crippen molar-refractivity contribution in [3.05, 3.63) is 66.1 Å². The number of nitro groups is 1. The minimum atomic E-state index is -0.563. The van der Waals surface area contributed by atoms with Crippen LogP contribution in [0.15, 0.2) is 39.9 Å². The van der Waals surface area contributed by atoms with Crippen LogP contribution in [0.5, 0.6) is 5.75 Å². The number of halogens is 3. The van der Waals surface area contributed by atoms with Gasteiger partial charge in [0.2, 0.25) is 5.75 Å². The summed E-state index contributed by atoms with van der Waals surface area (Å²) in [6.45, 7) is -0.0215. The van der Waals surface area contributed by atoms with Crippen molar-refractivity contribution in [3.63, 3.8) is 0 Å². The maximum Gasteiger partial charge on any atom is 0.312 e. The molecule has 3 rings (SSSR count). The summed E-state index contributed by atoms with van der Waals surface area (Å²) in [5, 5.41) is 26.8. The Morgan fingerprint density at radius 2 is 2.14 bits per heavy atom. The number of aromatic nitrogens is 4. The summed E-state index contributed by atoms with van der Waals surface area (Å²) in [6, 6.07) is 7.79. The second kappa shape index (κ2) is 8.50. The molecule has 144 valence electrons. The summed E-state index contributed by atoms with van der Waals surface area (Å²) in [5.41, 5.74) is 6.21. The average molecular weight is 487 g/mol. The highest BCUT2D eigenvalue weighted by Crippen LogP contribution is 2.35. The van der Waals surface area contributed by atoms with E-state index in [9.17, 15) is 10.1 Å². The predicted octanol–water partition coefficient (Wildman–Crippen LogP) is 3.69. The van der Waals surface area contributed by atoms with Crippen LogP contribution in [0.1, 0.15) is 11.1 Å². The first-order chi connectivity index (χ1) is 13.3. The number of nitrogens with zero attached hydrogens (tertiary/aromatic N) is 6. The Balaban J connectivity index is 1.98. The third-order valence-corrected chi connectivity index (χ3v) is 4.47. The van der Waals surface area contributed by atoms with Crippen molar-refractivity contribution in [2.45, 2.75) is 6.61 Å². The maximum absolute atomic E-state index is 11.5. The summed E-state index contributed by atoms with van der Waals surface area (Å²) in [4.78, 5) is 11.9. The van der Waals surface area contributed by atoms with Gasteiger partial charge in [0.15, 0.2) is 0 Å². The van der Waals surface area contributed by atoms with Gasteiger partial charge in [-0.2, -0.15) is 5.10 Å². The summed E-state index contributed by atoms with van der Waals surface area (Å²) in [5.74, 6) is -0.0502. The molecule has 28 heavy (non-hydrogen) atoms. The van der Waals surface area contributed by atoms with Gasteiger partial charge >= 0.3 is 5.69 Å². The van der Waals surface area contributed by atoms with E-state index in [1.54, 1.807) is 24.3 Å². The molecule has 0 aliphatic carbocycles. The lowest BCUT2D eigenvalue weighted by molar-refractivity contribution is -0.386. The number of rotatable bonds is 6. The largest absolute Gasteiger partial charge is 0.481 e. The Bertz CT molecular complexity index is 1070. The average Bonchev–Trinajstić information content (AvgIpc) is 3.04. The molecule has 0 bridgehead atoms. The molecule has 13 heteroatoms. The van der Waals surface area contributed by atoms with Gasteiger partial charge in [0.05, 0.1) is 11.1 Å². The van der Waals surface area contributed by atoms with Gasteiger partial charge in [-0.3, -0.25) is 10.1 Å². The van der Waals surface area contributed by atoms with Crippen LogP contribution >= 0.6 is 39.1 Å². The van der Waals surface area contributed by atoms with Crippen molar-refractivity contribution < 1.29 is 9.66 Å². The number of nitrogen functional groups attached to an aromatic ring is 1. The van der Waals surface area contributed by atoms with Crippen molar-refractivity contribution in [2.75, 3.05) is 5.73 Å². The lowest BCUT2D eigenvalue weighted by atomic mass is 10.2. The fourth-order valence-corrected chi connectivity index (χ4v) is 3.09. The fourth-order valence-electron chi connectivity index (χ4n) is 2.17. The third kappa shape index (κ3) is 4.55. The van der Waals surface area contributed by atoms with Gasteiger partial charge in [-0.25, -0.2) is 0 Å². The quantitative estimate of drug-likeness (QED) is 0.318. The molecule has 2 N–H and O–H groups in total. The highest BCUT2D eigenvalue weighted by Gasteiger charge is 2.21. The van der Waals surface area contributed by atoms with Crippen LogP contribution in [0.25, 0.3) is 0 Å². The van der Waals surface area contributed by atoms with Crippen LogP contribution in [-0.4, -0.2) is 31.5 Å². The Morgan fingerprint density at radius 3 is 2.79 bits per heavy atom. The molecular formula is C15H10BrCl2N7O3. The second-order valence-electron chi connectivity index (χ2n) is 5.30. The Kier molecular flexibility index (Phi) is 6.07. The third-order valence-electron chi connectivity index (χ3n) is 3.43. The number of benzene rings is 2. The number of nitrogens with two attached hydrogens (primary N) is 1. The molecule has 0 radical (unpaired) electrons. The van der Waals surface area contributed by atoms with E-state index in [-0.39, 0.29) is 24.0 Å². The zero-order chi connectivity index (χ0) is 20.3. The first-order valence-electron chi connectivity index (χ1n) is 7.48. The predicted molar refractivity (Wildman–Crippen MR) is 107 cm³/mol. The van der Waals surface area contributed by atoms with Crippen molar-refractivity contribution in [2.24, 2.45) is 5.10 Å². The molecule has 0 fully saturated rings. The van der Waals surface area contributed by atoms with Crippen molar-refractivity contribution in [1.29, 1.82) is 0 Å². The molecule has 0 amide bonds. The molecule has 10 nitrogen and oxygen atoms in total. The van der Waals surface area contributed by atoms with E-state index in [0.29, 0.717) is 25.6 Å². The number of anilines is 1. The minimum absolute atomic E-state index is 0.00499. The highest BCUT2D eigenvalue weighted by atomic mass is 79.9. The molecule has 0 saturated carbocycles. The summed E-state index contributed by atoms with van der Waals surface area (Å²) < 4.78 is 6.18. The van der Waals surface area contributed by atoms with Crippen LogP contribution in [0, 0.1) is 10.1 Å². The van der Waals surface area contributed by atoms with Crippen molar-refractivity contribution in [3.8, 4) is 5.75 Å². The zero-order valence-corrected chi connectivity index (χ0v) is 16.9. The molecule has 1 aromatic heterocycles. The number of hydrogen-bond donors (Lipinski definition) is 1. The standard InChI is InChI=1S/C15H10BrCl2N7O3/c16-10-3-9(6-20-24-15(19)21-22-23-24)14(13(4-10)25(26)27)28-7-8-1-2-11(17)5-12(8)18/h1-6H,7H2,(H2,19,21,23). The topological polar surface area (TPSA) is 134 Å². The van der Waals surface area contributed by atoms with Crippen LogP contribution in [0.3, 0.4) is 0 Å². The normalized spacial score (nSPS) is 11.1. The molecule has 0 atom stereocenters. The lowest BCUT2D eigenvalue weighted by Crippen LogP contribution is -2.04. The molecule has 2 aromatic carbocycles. The molecule has 0 aliphatic heterocycles. The van der Waals surface area contributed by atoms with Gasteiger partial charge in [0.25, 0.3) is 5.95 Å². The first kappa shape index (κ1) is 20.0. The summed E-state index contributed by atoms with van der Waals surface area (Å²) >= 11 is 15.3. The van der Waals surface area contributed by atoms with Gasteiger partial charge in [0, 0.05) is 31.7 Å². The van der Waals surface area contributed by atoms with Crippen LogP contribution in [-0.2, 0) is 6.61 Å². The van der Waals surface area contributed by atoms with E-state index in [2.05, 4.69) is 36.6 Å². The number of nitro benzene ring substituents is 1. The molecule has 3 aromatic rings. The van der Waals surface area contributed by atoms with Gasteiger partial charge < -0.3 is 10.5 Å². The SMILES string of the molecule is Nc1nnnn1N=Cc1cc(Br)cc([N+](=O)[O-])c1OCc1ccc(Cl)cc1Cl.